The lowest BCUT2D eigenvalue weighted by molar-refractivity contribution is 0.513. The first-order chi connectivity index (χ1) is 9.43. The molecule has 108 valence electrons. The molecule has 3 nitrogen and oxygen atoms in total. The van der Waals surface area contributed by atoms with Crippen LogP contribution in [0.15, 0.2) is 12.1 Å². The highest BCUT2D eigenvalue weighted by atomic mass is 35.5. The molecule has 2 rings (SSSR count). The first-order valence-corrected chi connectivity index (χ1v) is 6.91. The van der Waals surface area contributed by atoms with E-state index in [9.17, 15) is 8.78 Å². The minimum absolute atomic E-state index is 0.196. The first-order valence-electron chi connectivity index (χ1n) is 6.38. The highest BCUT2D eigenvalue weighted by Gasteiger charge is 2.18. The number of aryl methyl sites for hydroxylation is 1. The van der Waals surface area contributed by atoms with Gasteiger partial charge < -0.3 is 4.57 Å². The number of hydrogen-bond donors (Lipinski definition) is 0. The molecule has 1 aromatic heterocycles. The van der Waals surface area contributed by atoms with Crippen LogP contribution in [-0.2, 0) is 12.4 Å². The molecule has 0 unspecified atom stereocenters. The lowest BCUT2D eigenvalue weighted by Gasteiger charge is -2.12. The fourth-order valence-electron chi connectivity index (χ4n) is 2.02. The van der Waals surface area contributed by atoms with Gasteiger partial charge in [-0.3, -0.25) is 0 Å². The van der Waals surface area contributed by atoms with E-state index in [0.717, 1.165) is 6.07 Å². The molecule has 0 radical (unpaired) electrons. The Hall–Kier alpha value is -1.49. The Balaban J connectivity index is 2.58. The smallest absolute Gasteiger partial charge is 0.166 e. The topological polar surface area (TPSA) is 30.7 Å². The monoisotopic (exact) mass is 299 g/mol. The average molecular weight is 300 g/mol. The Morgan fingerprint density at radius 2 is 1.90 bits per heavy atom. The SMILES string of the molecule is Cc1cc(-c2nnc(CCl)n2CC(C)C)c(F)cc1F. The van der Waals surface area contributed by atoms with E-state index in [1.807, 2.05) is 13.8 Å². The predicted octanol–water partition coefficient (Wildman–Crippen LogP) is 3.93. The van der Waals surface area contributed by atoms with Crippen LogP contribution in [0.5, 0.6) is 0 Å². The number of hydrogen-bond acceptors (Lipinski definition) is 2. The second-order valence-electron chi connectivity index (χ2n) is 5.16. The van der Waals surface area contributed by atoms with Gasteiger partial charge in [0.1, 0.15) is 17.5 Å². The number of alkyl halides is 1. The minimum Gasteiger partial charge on any atom is -0.310 e. The zero-order valence-electron chi connectivity index (χ0n) is 11.6. The largest absolute Gasteiger partial charge is 0.310 e. The third kappa shape index (κ3) is 2.82. The molecule has 1 aromatic carbocycles. The molecule has 0 fully saturated rings. The van der Waals surface area contributed by atoms with E-state index in [1.54, 1.807) is 11.5 Å². The van der Waals surface area contributed by atoms with Gasteiger partial charge in [0.2, 0.25) is 0 Å². The summed E-state index contributed by atoms with van der Waals surface area (Å²) in [5.41, 5.74) is 0.612. The number of aromatic nitrogens is 3. The summed E-state index contributed by atoms with van der Waals surface area (Å²) in [6, 6.07) is 2.32. The van der Waals surface area contributed by atoms with Crippen LogP contribution in [0.4, 0.5) is 8.78 Å². The van der Waals surface area contributed by atoms with E-state index in [4.69, 9.17) is 11.6 Å². The Morgan fingerprint density at radius 1 is 1.20 bits per heavy atom. The van der Waals surface area contributed by atoms with E-state index in [1.165, 1.54) is 6.07 Å². The van der Waals surface area contributed by atoms with Crippen LogP contribution >= 0.6 is 11.6 Å². The molecule has 0 aliphatic carbocycles. The summed E-state index contributed by atoms with van der Waals surface area (Å²) in [5, 5.41) is 7.99. The molecule has 0 atom stereocenters. The third-order valence-corrected chi connectivity index (χ3v) is 3.22. The first kappa shape index (κ1) is 14.9. The summed E-state index contributed by atoms with van der Waals surface area (Å²) in [7, 11) is 0. The minimum atomic E-state index is -0.647. The van der Waals surface area contributed by atoms with Crippen molar-refractivity contribution in [2.75, 3.05) is 0 Å². The van der Waals surface area contributed by atoms with Gasteiger partial charge in [-0.05, 0) is 24.5 Å². The molecule has 0 spiro atoms. The van der Waals surface area contributed by atoms with Gasteiger partial charge in [-0.2, -0.15) is 0 Å². The maximum Gasteiger partial charge on any atom is 0.166 e. The predicted molar refractivity (Wildman–Crippen MR) is 74.5 cm³/mol. The number of benzene rings is 1. The van der Waals surface area contributed by atoms with Crippen molar-refractivity contribution in [3.63, 3.8) is 0 Å². The van der Waals surface area contributed by atoms with E-state index in [2.05, 4.69) is 10.2 Å². The lowest BCUT2D eigenvalue weighted by atomic mass is 10.1. The van der Waals surface area contributed by atoms with Crippen LogP contribution in [0.25, 0.3) is 11.4 Å². The van der Waals surface area contributed by atoms with Gasteiger partial charge in [0.05, 0.1) is 11.4 Å². The van der Waals surface area contributed by atoms with E-state index >= 15 is 0 Å². The van der Waals surface area contributed by atoms with Crippen molar-refractivity contribution in [2.24, 2.45) is 5.92 Å². The summed E-state index contributed by atoms with van der Waals surface area (Å²) in [4.78, 5) is 0. The molecular weight excluding hydrogens is 284 g/mol. The molecule has 0 aliphatic rings. The van der Waals surface area contributed by atoms with Crippen molar-refractivity contribution in [3.05, 3.63) is 35.2 Å². The third-order valence-electron chi connectivity index (χ3n) is 2.98. The average Bonchev–Trinajstić information content (AvgIpc) is 2.76. The van der Waals surface area contributed by atoms with Crippen LogP contribution < -0.4 is 0 Å². The van der Waals surface area contributed by atoms with Crippen molar-refractivity contribution in [1.29, 1.82) is 0 Å². The van der Waals surface area contributed by atoms with Gasteiger partial charge in [0, 0.05) is 12.6 Å². The quantitative estimate of drug-likeness (QED) is 0.801. The number of rotatable bonds is 4. The maximum atomic E-state index is 14.0. The molecule has 0 N–H and O–H groups in total. The van der Waals surface area contributed by atoms with Crippen molar-refractivity contribution in [2.45, 2.75) is 33.2 Å². The molecule has 0 bridgehead atoms. The van der Waals surface area contributed by atoms with Crippen molar-refractivity contribution in [3.8, 4) is 11.4 Å². The zero-order valence-corrected chi connectivity index (χ0v) is 12.4. The van der Waals surface area contributed by atoms with Crippen LogP contribution in [0.2, 0.25) is 0 Å². The Labute approximate surface area is 121 Å². The summed E-state index contributed by atoms with van der Waals surface area (Å²) in [6.07, 6.45) is 0. The Morgan fingerprint density at radius 3 is 2.50 bits per heavy atom. The molecule has 0 saturated carbocycles. The molecule has 2 aromatic rings. The van der Waals surface area contributed by atoms with Crippen LogP contribution in [-0.4, -0.2) is 14.8 Å². The zero-order chi connectivity index (χ0) is 14.9. The van der Waals surface area contributed by atoms with Gasteiger partial charge in [-0.1, -0.05) is 13.8 Å². The van der Waals surface area contributed by atoms with Gasteiger partial charge in [-0.25, -0.2) is 8.78 Å². The van der Waals surface area contributed by atoms with E-state index < -0.39 is 11.6 Å². The van der Waals surface area contributed by atoms with E-state index in [0.29, 0.717) is 29.7 Å². The van der Waals surface area contributed by atoms with E-state index in [-0.39, 0.29) is 11.4 Å². The Kier molecular flexibility index (Phi) is 4.38. The second kappa shape index (κ2) is 5.87. The summed E-state index contributed by atoms with van der Waals surface area (Å²) in [6.45, 7) is 6.28. The molecule has 0 aliphatic heterocycles. The summed E-state index contributed by atoms with van der Waals surface area (Å²) < 4.78 is 29.1. The molecule has 0 saturated heterocycles. The molecule has 1 heterocycles. The molecule has 20 heavy (non-hydrogen) atoms. The van der Waals surface area contributed by atoms with Crippen LogP contribution in [0.3, 0.4) is 0 Å². The lowest BCUT2D eigenvalue weighted by Crippen LogP contribution is -2.10. The second-order valence-corrected chi connectivity index (χ2v) is 5.43. The Bertz CT molecular complexity index is 623. The van der Waals surface area contributed by atoms with Crippen LogP contribution in [0, 0.1) is 24.5 Å². The van der Waals surface area contributed by atoms with Crippen LogP contribution in [0.1, 0.15) is 25.2 Å². The van der Waals surface area contributed by atoms with Gasteiger partial charge >= 0.3 is 0 Å². The standard InChI is InChI=1S/C14H16ClF2N3/c1-8(2)7-20-13(6-15)18-19-14(20)10-4-9(3)11(16)5-12(10)17/h4-5,8H,6-7H2,1-3H3. The normalized spacial score (nSPS) is 11.3. The highest BCUT2D eigenvalue weighted by molar-refractivity contribution is 6.16. The van der Waals surface area contributed by atoms with Crippen molar-refractivity contribution < 1.29 is 8.78 Å². The molecular formula is C14H16ClF2N3. The van der Waals surface area contributed by atoms with Crippen molar-refractivity contribution >= 4 is 11.6 Å². The fourth-order valence-corrected chi connectivity index (χ4v) is 2.22. The molecule has 6 heteroatoms. The molecule has 0 amide bonds. The summed E-state index contributed by atoms with van der Waals surface area (Å²) >= 11 is 5.84. The number of halogens is 3. The van der Waals surface area contributed by atoms with Gasteiger partial charge in [-0.15, -0.1) is 21.8 Å². The van der Waals surface area contributed by atoms with Gasteiger partial charge in [0.25, 0.3) is 0 Å². The summed E-state index contributed by atoms with van der Waals surface area (Å²) in [5.74, 6) is 0.273. The number of nitrogens with zero attached hydrogens (tertiary/aromatic N) is 3. The fraction of sp³-hybridized carbons (Fsp3) is 0.429. The maximum absolute atomic E-state index is 14.0. The van der Waals surface area contributed by atoms with Crippen molar-refractivity contribution in [1.82, 2.24) is 14.8 Å². The highest BCUT2D eigenvalue weighted by Crippen LogP contribution is 2.26. The van der Waals surface area contributed by atoms with Gasteiger partial charge in [0.15, 0.2) is 5.82 Å².